The van der Waals surface area contributed by atoms with Crippen LogP contribution in [0.3, 0.4) is 0 Å². The Bertz CT molecular complexity index is 786. The van der Waals surface area contributed by atoms with Crippen LogP contribution in [0.4, 0.5) is 11.4 Å². The van der Waals surface area contributed by atoms with Crippen LogP contribution in [0.2, 0.25) is 0 Å². The van der Waals surface area contributed by atoms with E-state index in [4.69, 9.17) is 4.74 Å². The van der Waals surface area contributed by atoms with Gasteiger partial charge in [0.25, 0.3) is 11.6 Å². The van der Waals surface area contributed by atoms with Crippen molar-refractivity contribution in [2.45, 2.75) is 13.8 Å². The van der Waals surface area contributed by atoms with Gasteiger partial charge < -0.3 is 10.1 Å². The van der Waals surface area contributed by atoms with Crippen LogP contribution in [0, 0.1) is 24.0 Å². The fourth-order valence-electron chi connectivity index (χ4n) is 2.17. The Morgan fingerprint density at radius 3 is 2.38 bits per heavy atom. The molecule has 2 aromatic rings. The van der Waals surface area contributed by atoms with Gasteiger partial charge in [-0.2, -0.15) is 0 Å². The molecule has 2 aromatic carbocycles. The van der Waals surface area contributed by atoms with Crippen LogP contribution < -0.4 is 10.1 Å². The molecule has 6 nitrogen and oxygen atoms in total. The summed E-state index contributed by atoms with van der Waals surface area (Å²) in [4.78, 5) is 22.3. The molecular weight excluding hydrogens is 444 g/mol. The number of amides is 1. The van der Waals surface area contributed by atoms with Crippen LogP contribution in [0.1, 0.15) is 11.1 Å². The average molecular weight is 458 g/mol. The van der Waals surface area contributed by atoms with Gasteiger partial charge >= 0.3 is 0 Å². The van der Waals surface area contributed by atoms with E-state index in [1.165, 1.54) is 18.2 Å². The number of benzene rings is 2. The number of anilines is 1. The van der Waals surface area contributed by atoms with Gasteiger partial charge in [0.1, 0.15) is 5.75 Å². The van der Waals surface area contributed by atoms with Gasteiger partial charge in [-0.3, -0.25) is 14.9 Å². The van der Waals surface area contributed by atoms with Crippen LogP contribution >= 0.6 is 31.9 Å². The number of carbonyl (C=O) groups excluding carboxylic acids is 1. The molecular formula is C16H14Br2N2O4. The lowest BCUT2D eigenvalue weighted by Crippen LogP contribution is -2.21. The summed E-state index contributed by atoms with van der Waals surface area (Å²) < 4.78 is 6.98. The minimum Gasteiger partial charge on any atom is -0.483 e. The number of nitro benzene ring substituents is 1. The molecule has 126 valence electrons. The fourth-order valence-corrected chi connectivity index (χ4v) is 3.32. The molecule has 0 saturated carbocycles. The molecule has 0 aliphatic heterocycles. The first-order valence-electron chi connectivity index (χ1n) is 6.91. The Labute approximate surface area is 155 Å². The van der Waals surface area contributed by atoms with Gasteiger partial charge in [-0.1, -0.05) is 15.9 Å². The zero-order valence-electron chi connectivity index (χ0n) is 12.9. The summed E-state index contributed by atoms with van der Waals surface area (Å²) in [5.74, 6) is 0.308. The number of aryl methyl sites for hydroxylation is 2. The molecule has 1 N–H and O–H groups in total. The monoisotopic (exact) mass is 456 g/mol. The molecule has 0 bridgehead atoms. The molecule has 0 atom stereocenters. The number of nitrogens with one attached hydrogen (secondary N) is 1. The van der Waals surface area contributed by atoms with E-state index in [0.717, 1.165) is 15.6 Å². The Kier molecular flexibility index (Phi) is 5.95. The lowest BCUT2D eigenvalue weighted by atomic mass is 10.1. The third-order valence-electron chi connectivity index (χ3n) is 3.21. The molecule has 0 aromatic heterocycles. The highest BCUT2D eigenvalue weighted by molar-refractivity contribution is 9.10. The van der Waals surface area contributed by atoms with Crippen molar-refractivity contribution >= 4 is 49.1 Å². The zero-order chi connectivity index (χ0) is 17.9. The number of hydrogen-bond donors (Lipinski definition) is 1. The van der Waals surface area contributed by atoms with Crippen LogP contribution in [-0.4, -0.2) is 17.4 Å². The van der Waals surface area contributed by atoms with Crippen LogP contribution in [-0.2, 0) is 4.79 Å². The molecule has 0 saturated heterocycles. The van der Waals surface area contributed by atoms with Crippen molar-refractivity contribution in [3.8, 4) is 5.75 Å². The second-order valence-electron chi connectivity index (χ2n) is 5.13. The first kappa shape index (κ1) is 18.4. The maximum Gasteiger partial charge on any atom is 0.270 e. The Morgan fingerprint density at radius 1 is 1.21 bits per heavy atom. The number of hydrogen-bond acceptors (Lipinski definition) is 4. The maximum atomic E-state index is 12.0. The molecule has 8 heteroatoms. The molecule has 0 radical (unpaired) electrons. The normalized spacial score (nSPS) is 10.3. The number of nitrogens with zero attached hydrogens (tertiary/aromatic N) is 1. The number of nitro groups is 1. The Morgan fingerprint density at radius 2 is 1.83 bits per heavy atom. The zero-order valence-corrected chi connectivity index (χ0v) is 16.1. The highest BCUT2D eigenvalue weighted by atomic mass is 79.9. The van der Waals surface area contributed by atoms with E-state index in [0.29, 0.717) is 15.9 Å². The van der Waals surface area contributed by atoms with Gasteiger partial charge in [0.2, 0.25) is 0 Å². The third kappa shape index (κ3) is 4.55. The van der Waals surface area contributed by atoms with Crippen molar-refractivity contribution in [3.63, 3.8) is 0 Å². The second kappa shape index (κ2) is 7.76. The van der Waals surface area contributed by atoms with Crippen LogP contribution in [0.5, 0.6) is 5.75 Å². The first-order valence-corrected chi connectivity index (χ1v) is 8.50. The van der Waals surface area contributed by atoms with E-state index in [1.807, 2.05) is 26.0 Å². The van der Waals surface area contributed by atoms with Gasteiger partial charge in [0, 0.05) is 21.1 Å². The summed E-state index contributed by atoms with van der Waals surface area (Å²) in [6.45, 7) is 3.64. The predicted octanol–water partition coefficient (Wildman–Crippen LogP) is 4.75. The molecule has 0 heterocycles. The summed E-state index contributed by atoms with van der Waals surface area (Å²) in [5, 5.41) is 13.4. The third-order valence-corrected chi connectivity index (χ3v) is 4.32. The van der Waals surface area contributed by atoms with E-state index in [2.05, 4.69) is 37.2 Å². The summed E-state index contributed by atoms with van der Waals surface area (Å²) >= 11 is 6.61. The molecule has 0 unspecified atom stereocenters. The number of ether oxygens (including phenoxy) is 1. The van der Waals surface area contributed by atoms with Crippen molar-refractivity contribution < 1.29 is 14.5 Å². The predicted molar refractivity (Wildman–Crippen MR) is 98.5 cm³/mol. The van der Waals surface area contributed by atoms with E-state index >= 15 is 0 Å². The molecule has 24 heavy (non-hydrogen) atoms. The molecule has 0 fully saturated rings. The summed E-state index contributed by atoms with van der Waals surface area (Å²) in [7, 11) is 0. The quantitative estimate of drug-likeness (QED) is 0.518. The standard InChI is InChI=1S/C16H14Br2N2O4/c1-9-5-11(17)6-10(2)16(9)24-8-15(21)19-14-4-3-12(20(22)23)7-13(14)18/h3-7H,8H2,1-2H3,(H,19,21). The first-order chi connectivity index (χ1) is 11.3. The van der Waals surface area contributed by atoms with Crippen LogP contribution in [0.15, 0.2) is 39.3 Å². The van der Waals surface area contributed by atoms with Gasteiger partial charge in [-0.25, -0.2) is 0 Å². The molecule has 0 aliphatic rings. The molecule has 2 rings (SSSR count). The topological polar surface area (TPSA) is 81.5 Å². The van der Waals surface area contributed by atoms with Crippen molar-refractivity contribution in [2.24, 2.45) is 0 Å². The summed E-state index contributed by atoms with van der Waals surface area (Å²) in [6.07, 6.45) is 0. The van der Waals surface area contributed by atoms with E-state index in [1.54, 1.807) is 0 Å². The van der Waals surface area contributed by atoms with Crippen molar-refractivity contribution in [1.29, 1.82) is 0 Å². The fraction of sp³-hybridized carbons (Fsp3) is 0.188. The average Bonchev–Trinajstić information content (AvgIpc) is 2.48. The number of carbonyl (C=O) groups is 1. The highest BCUT2D eigenvalue weighted by Gasteiger charge is 2.13. The van der Waals surface area contributed by atoms with Crippen LogP contribution in [0.25, 0.3) is 0 Å². The lowest BCUT2D eigenvalue weighted by Gasteiger charge is -2.13. The summed E-state index contributed by atoms with van der Waals surface area (Å²) in [6, 6.07) is 7.94. The molecule has 0 spiro atoms. The van der Waals surface area contributed by atoms with Crippen molar-refractivity contribution in [3.05, 3.63) is 60.5 Å². The van der Waals surface area contributed by atoms with E-state index in [9.17, 15) is 14.9 Å². The van der Waals surface area contributed by atoms with Crippen molar-refractivity contribution in [1.82, 2.24) is 0 Å². The largest absolute Gasteiger partial charge is 0.483 e. The van der Waals surface area contributed by atoms with Gasteiger partial charge in [-0.05, 0) is 59.1 Å². The van der Waals surface area contributed by atoms with E-state index in [-0.39, 0.29) is 18.2 Å². The summed E-state index contributed by atoms with van der Waals surface area (Å²) in [5.41, 5.74) is 2.23. The molecule has 1 amide bonds. The number of rotatable bonds is 5. The van der Waals surface area contributed by atoms with E-state index < -0.39 is 4.92 Å². The lowest BCUT2D eigenvalue weighted by molar-refractivity contribution is -0.384. The minimum atomic E-state index is -0.501. The van der Waals surface area contributed by atoms with Gasteiger partial charge in [0.05, 0.1) is 10.6 Å². The minimum absolute atomic E-state index is 0.0581. The number of non-ortho nitro benzene ring substituents is 1. The highest BCUT2D eigenvalue weighted by Crippen LogP contribution is 2.28. The van der Waals surface area contributed by atoms with Gasteiger partial charge in [-0.15, -0.1) is 0 Å². The van der Waals surface area contributed by atoms with Gasteiger partial charge in [0.15, 0.2) is 6.61 Å². The smallest absolute Gasteiger partial charge is 0.270 e. The maximum absolute atomic E-state index is 12.0. The SMILES string of the molecule is Cc1cc(Br)cc(C)c1OCC(=O)Nc1ccc([N+](=O)[O-])cc1Br. The second-order valence-corrected chi connectivity index (χ2v) is 6.90. The molecule has 0 aliphatic carbocycles. The Balaban J connectivity index is 2.03. The number of halogens is 2. The van der Waals surface area contributed by atoms with Crippen molar-refractivity contribution in [2.75, 3.05) is 11.9 Å². The Hall–Kier alpha value is -1.93.